The molecule has 0 aromatic heterocycles. The van der Waals surface area contributed by atoms with Crippen molar-refractivity contribution in [2.75, 3.05) is 0 Å². The van der Waals surface area contributed by atoms with Crippen molar-refractivity contribution >= 4 is 11.8 Å². The van der Waals surface area contributed by atoms with Gasteiger partial charge in [-0.3, -0.25) is 9.59 Å². The fourth-order valence-electron chi connectivity index (χ4n) is 3.25. The number of carbonyl (C=O) groups is 2. The highest BCUT2D eigenvalue weighted by Crippen LogP contribution is 2.28. The molecule has 2 amide bonds. The third-order valence-corrected chi connectivity index (χ3v) is 4.57. The summed E-state index contributed by atoms with van der Waals surface area (Å²) < 4.78 is 13.0. The number of hydrogen-bond acceptors (Lipinski definition) is 3. The Bertz CT molecular complexity index is 570. The molecule has 3 unspecified atom stereocenters. The molecule has 24 heavy (non-hydrogen) atoms. The molecule has 1 aromatic rings. The number of halogens is 1. The van der Waals surface area contributed by atoms with Crippen molar-refractivity contribution in [1.82, 2.24) is 10.6 Å². The lowest BCUT2D eigenvalue weighted by Crippen LogP contribution is -2.52. The van der Waals surface area contributed by atoms with Gasteiger partial charge >= 0.3 is 0 Å². The summed E-state index contributed by atoms with van der Waals surface area (Å²) in [5, 5.41) is 15.8. The average Bonchev–Trinajstić information content (AvgIpc) is 3.06. The molecule has 1 aliphatic rings. The van der Waals surface area contributed by atoms with Crippen molar-refractivity contribution in [2.24, 2.45) is 5.92 Å². The summed E-state index contributed by atoms with van der Waals surface area (Å²) >= 11 is 0. The quantitative estimate of drug-likeness (QED) is 0.744. The lowest BCUT2D eigenvalue weighted by atomic mass is 9.96. The number of hydrogen-bond donors (Lipinski definition) is 3. The van der Waals surface area contributed by atoms with Gasteiger partial charge in [0.15, 0.2) is 0 Å². The van der Waals surface area contributed by atoms with Crippen LogP contribution in [0.5, 0.6) is 0 Å². The Balaban J connectivity index is 2.01. The number of nitrogens with one attached hydrogen (secondary N) is 2. The molecule has 1 aromatic carbocycles. The van der Waals surface area contributed by atoms with Crippen LogP contribution in [0.3, 0.4) is 0 Å². The maximum Gasteiger partial charge on any atom is 0.243 e. The molecule has 0 saturated heterocycles. The summed E-state index contributed by atoms with van der Waals surface area (Å²) in [6, 6.07) is 4.39. The van der Waals surface area contributed by atoms with Gasteiger partial charge in [-0.1, -0.05) is 25.0 Å². The van der Waals surface area contributed by atoms with E-state index < -0.39 is 18.2 Å². The molecule has 3 atom stereocenters. The van der Waals surface area contributed by atoms with Gasteiger partial charge < -0.3 is 15.7 Å². The molecule has 6 heteroatoms. The van der Waals surface area contributed by atoms with Gasteiger partial charge in [0.2, 0.25) is 11.8 Å². The number of rotatable bonds is 6. The molecule has 0 radical (unpaired) electrons. The molecule has 132 valence electrons. The first kappa shape index (κ1) is 18.4. The highest BCUT2D eigenvalue weighted by Gasteiger charge is 2.32. The van der Waals surface area contributed by atoms with Crippen molar-refractivity contribution < 1.29 is 19.1 Å². The van der Waals surface area contributed by atoms with Gasteiger partial charge in [-0.05, 0) is 43.4 Å². The first-order valence-electron chi connectivity index (χ1n) is 8.39. The van der Waals surface area contributed by atoms with E-state index in [1.807, 2.05) is 0 Å². The lowest BCUT2D eigenvalue weighted by molar-refractivity contribution is -0.130. The van der Waals surface area contributed by atoms with E-state index in [0.717, 1.165) is 25.7 Å². The predicted octanol–water partition coefficient (Wildman–Crippen LogP) is 2.06. The fourth-order valence-corrected chi connectivity index (χ4v) is 3.25. The van der Waals surface area contributed by atoms with Gasteiger partial charge in [-0.2, -0.15) is 0 Å². The van der Waals surface area contributed by atoms with E-state index in [1.54, 1.807) is 6.92 Å². The van der Waals surface area contributed by atoms with Gasteiger partial charge in [-0.25, -0.2) is 4.39 Å². The predicted molar refractivity (Wildman–Crippen MR) is 88.5 cm³/mol. The largest absolute Gasteiger partial charge is 0.386 e. The van der Waals surface area contributed by atoms with Crippen molar-refractivity contribution in [3.63, 3.8) is 0 Å². The third-order valence-electron chi connectivity index (χ3n) is 4.57. The summed E-state index contributed by atoms with van der Waals surface area (Å²) in [5.74, 6) is -0.779. The molecule has 0 aliphatic heterocycles. The number of aliphatic hydroxyl groups is 1. The Morgan fingerprint density at radius 2 is 1.75 bits per heavy atom. The molecular formula is C18H25FN2O3. The van der Waals surface area contributed by atoms with Crippen LogP contribution in [0.15, 0.2) is 24.3 Å². The van der Waals surface area contributed by atoms with Crippen LogP contribution >= 0.6 is 0 Å². The Morgan fingerprint density at radius 3 is 2.29 bits per heavy atom. The molecular weight excluding hydrogens is 311 g/mol. The van der Waals surface area contributed by atoms with Crippen LogP contribution in [-0.4, -0.2) is 29.0 Å². The minimum atomic E-state index is -0.948. The summed E-state index contributed by atoms with van der Waals surface area (Å²) in [5.41, 5.74) is 0.529. The molecule has 1 fully saturated rings. The summed E-state index contributed by atoms with van der Waals surface area (Å²) in [6.07, 6.45) is 2.99. The van der Waals surface area contributed by atoms with Crippen LogP contribution in [0.4, 0.5) is 4.39 Å². The highest BCUT2D eigenvalue weighted by atomic mass is 19.1. The second-order valence-corrected chi connectivity index (χ2v) is 6.52. The maximum atomic E-state index is 13.0. The maximum absolute atomic E-state index is 13.0. The SMILES string of the molecule is CC(=O)NC(C(=O)NC(C)C(O)c1ccc(F)cc1)C1CCCC1. The van der Waals surface area contributed by atoms with E-state index in [-0.39, 0.29) is 23.5 Å². The Kier molecular flexibility index (Phi) is 6.31. The standard InChI is InChI=1S/C18H25FN2O3/c1-11(17(23)14-7-9-15(19)10-8-14)20-18(24)16(21-12(2)22)13-5-3-4-6-13/h7-11,13,16-17,23H,3-6H2,1-2H3,(H,20,24)(H,21,22). The summed E-state index contributed by atoms with van der Waals surface area (Å²) in [6.45, 7) is 3.08. The normalized spacial score (nSPS) is 18.7. The second-order valence-electron chi connectivity index (χ2n) is 6.52. The van der Waals surface area contributed by atoms with E-state index in [2.05, 4.69) is 10.6 Å². The van der Waals surface area contributed by atoms with E-state index in [4.69, 9.17) is 0 Å². The van der Waals surface area contributed by atoms with Crippen LogP contribution in [0.2, 0.25) is 0 Å². The topological polar surface area (TPSA) is 78.4 Å². The first-order chi connectivity index (χ1) is 11.4. The van der Waals surface area contributed by atoms with E-state index in [9.17, 15) is 19.1 Å². The number of benzene rings is 1. The molecule has 0 spiro atoms. The zero-order valence-corrected chi connectivity index (χ0v) is 14.1. The molecule has 0 heterocycles. The summed E-state index contributed by atoms with van der Waals surface area (Å²) in [4.78, 5) is 24.0. The molecule has 3 N–H and O–H groups in total. The third kappa shape index (κ3) is 4.77. The van der Waals surface area contributed by atoms with Gasteiger partial charge in [0.25, 0.3) is 0 Å². The Morgan fingerprint density at radius 1 is 1.17 bits per heavy atom. The first-order valence-corrected chi connectivity index (χ1v) is 8.39. The van der Waals surface area contributed by atoms with Crippen LogP contribution < -0.4 is 10.6 Å². The van der Waals surface area contributed by atoms with E-state index >= 15 is 0 Å². The minimum Gasteiger partial charge on any atom is -0.386 e. The summed E-state index contributed by atoms with van der Waals surface area (Å²) in [7, 11) is 0. The Labute approximate surface area is 141 Å². The molecule has 1 saturated carbocycles. The van der Waals surface area contributed by atoms with Gasteiger partial charge in [-0.15, -0.1) is 0 Å². The van der Waals surface area contributed by atoms with E-state index in [1.165, 1.54) is 31.2 Å². The minimum absolute atomic E-state index is 0.129. The molecule has 1 aliphatic carbocycles. The second kappa shape index (κ2) is 8.24. The van der Waals surface area contributed by atoms with Gasteiger partial charge in [0, 0.05) is 6.92 Å². The van der Waals surface area contributed by atoms with Crippen LogP contribution in [0.25, 0.3) is 0 Å². The fraction of sp³-hybridized carbons (Fsp3) is 0.556. The van der Waals surface area contributed by atoms with Gasteiger partial charge in [0.05, 0.1) is 12.1 Å². The Hall–Kier alpha value is -1.95. The molecule has 0 bridgehead atoms. The van der Waals surface area contributed by atoms with E-state index in [0.29, 0.717) is 5.56 Å². The zero-order chi connectivity index (χ0) is 17.7. The highest BCUT2D eigenvalue weighted by molar-refractivity contribution is 5.87. The molecule has 2 rings (SSSR count). The lowest BCUT2D eigenvalue weighted by Gasteiger charge is -2.27. The molecule has 5 nitrogen and oxygen atoms in total. The van der Waals surface area contributed by atoms with Crippen LogP contribution in [0, 0.1) is 11.7 Å². The van der Waals surface area contributed by atoms with Crippen molar-refractivity contribution in [1.29, 1.82) is 0 Å². The monoisotopic (exact) mass is 336 g/mol. The number of amides is 2. The number of carbonyl (C=O) groups excluding carboxylic acids is 2. The van der Waals surface area contributed by atoms with Crippen LogP contribution in [-0.2, 0) is 9.59 Å². The van der Waals surface area contributed by atoms with Crippen molar-refractivity contribution in [3.8, 4) is 0 Å². The smallest absolute Gasteiger partial charge is 0.243 e. The van der Waals surface area contributed by atoms with Crippen LogP contribution in [0.1, 0.15) is 51.2 Å². The number of aliphatic hydroxyl groups excluding tert-OH is 1. The zero-order valence-electron chi connectivity index (χ0n) is 14.1. The van der Waals surface area contributed by atoms with Gasteiger partial charge in [0.1, 0.15) is 11.9 Å². The van der Waals surface area contributed by atoms with Crippen molar-refractivity contribution in [2.45, 2.75) is 57.7 Å². The average molecular weight is 336 g/mol. The van der Waals surface area contributed by atoms with Crippen molar-refractivity contribution in [3.05, 3.63) is 35.6 Å².